The van der Waals surface area contributed by atoms with Gasteiger partial charge in [0.2, 0.25) is 5.91 Å². The number of hydrogen-bond donors (Lipinski definition) is 1. The molecule has 1 aromatic carbocycles. The summed E-state index contributed by atoms with van der Waals surface area (Å²) in [4.78, 5) is 17.2. The normalized spacial score (nSPS) is 20.2. The van der Waals surface area contributed by atoms with Gasteiger partial charge in [-0.1, -0.05) is 44.2 Å². The Morgan fingerprint density at radius 1 is 1.26 bits per heavy atom. The first-order valence-electron chi connectivity index (χ1n) is 8.74. The van der Waals surface area contributed by atoms with Crippen molar-refractivity contribution in [2.24, 2.45) is 11.7 Å². The number of nitrogens with zero attached hydrogens (tertiary/aromatic N) is 2. The molecule has 2 atom stereocenters. The third kappa shape index (κ3) is 4.55. The van der Waals surface area contributed by atoms with Gasteiger partial charge in [0.05, 0.1) is 6.04 Å². The molecule has 23 heavy (non-hydrogen) atoms. The van der Waals surface area contributed by atoms with Crippen molar-refractivity contribution < 1.29 is 4.79 Å². The van der Waals surface area contributed by atoms with E-state index in [0.717, 1.165) is 26.1 Å². The van der Waals surface area contributed by atoms with Crippen LogP contribution in [0.3, 0.4) is 0 Å². The molecule has 0 radical (unpaired) electrons. The van der Waals surface area contributed by atoms with Crippen molar-refractivity contribution in [3.8, 4) is 0 Å². The number of likely N-dealkylation sites (tertiary alicyclic amines) is 1. The predicted octanol–water partition coefficient (Wildman–Crippen LogP) is 2.48. The number of nitrogens with two attached hydrogens (primary N) is 1. The lowest BCUT2D eigenvalue weighted by atomic mass is 10.0. The van der Waals surface area contributed by atoms with Gasteiger partial charge < -0.3 is 10.6 Å². The number of hydrogen-bond acceptors (Lipinski definition) is 3. The van der Waals surface area contributed by atoms with Crippen LogP contribution >= 0.6 is 0 Å². The summed E-state index contributed by atoms with van der Waals surface area (Å²) < 4.78 is 0. The van der Waals surface area contributed by atoms with Crippen molar-refractivity contribution >= 4 is 5.91 Å². The van der Waals surface area contributed by atoms with E-state index in [9.17, 15) is 4.79 Å². The van der Waals surface area contributed by atoms with Crippen LogP contribution in [0.25, 0.3) is 0 Å². The molecular formula is C19H31N3O. The summed E-state index contributed by atoms with van der Waals surface area (Å²) in [6.45, 7) is 11.1. The van der Waals surface area contributed by atoms with Gasteiger partial charge in [0.25, 0.3) is 0 Å². The minimum Gasteiger partial charge on any atom is -0.335 e. The average Bonchev–Trinajstić information content (AvgIpc) is 2.95. The molecule has 2 N–H and O–H groups in total. The van der Waals surface area contributed by atoms with Crippen LogP contribution in [0, 0.1) is 5.92 Å². The molecule has 1 aliphatic heterocycles. The Bertz CT molecular complexity index is 501. The monoisotopic (exact) mass is 317 g/mol. The fraction of sp³-hybridized carbons (Fsp3) is 0.632. The third-order valence-electron chi connectivity index (χ3n) is 4.70. The zero-order chi connectivity index (χ0) is 17.0. The maximum Gasteiger partial charge on any atom is 0.240 e. The molecule has 1 aliphatic rings. The second-order valence-electron chi connectivity index (χ2n) is 7.27. The predicted molar refractivity (Wildman–Crippen MR) is 94.9 cm³/mol. The van der Waals surface area contributed by atoms with Crippen molar-refractivity contribution in [2.45, 2.75) is 58.8 Å². The number of amides is 1. The topological polar surface area (TPSA) is 49.6 Å². The molecule has 1 saturated heterocycles. The van der Waals surface area contributed by atoms with Crippen LogP contribution < -0.4 is 5.73 Å². The van der Waals surface area contributed by atoms with Gasteiger partial charge in [0.1, 0.15) is 0 Å². The van der Waals surface area contributed by atoms with Gasteiger partial charge in [0, 0.05) is 31.7 Å². The molecule has 0 bridgehead atoms. The molecule has 0 spiro atoms. The van der Waals surface area contributed by atoms with Crippen LogP contribution in [0.5, 0.6) is 0 Å². The molecular weight excluding hydrogens is 286 g/mol. The van der Waals surface area contributed by atoms with Crippen molar-refractivity contribution in [2.75, 3.05) is 13.1 Å². The van der Waals surface area contributed by atoms with E-state index in [2.05, 4.69) is 43.0 Å². The van der Waals surface area contributed by atoms with Crippen LogP contribution in [0.2, 0.25) is 0 Å². The zero-order valence-electron chi connectivity index (χ0n) is 14.9. The highest BCUT2D eigenvalue weighted by Gasteiger charge is 2.35. The van der Waals surface area contributed by atoms with E-state index in [0.29, 0.717) is 0 Å². The Morgan fingerprint density at radius 2 is 1.91 bits per heavy atom. The molecule has 4 nitrogen and oxygen atoms in total. The second-order valence-corrected chi connectivity index (χ2v) is 7.27. The lowest BCUT2D eigenvalue weighted by Crippen LogP contribution is -2.54. The molecule has 0 saturated carbocycles. The molecule has 1 heterocycles. The largest absolute Gasteiger partial charge is 0.335 e. The number of rotatable bonds is 6. The van der Waals surface area contributed by atoms with E-state index < -0.39 is 6.04 Å². The molecule has 1 fully saturated rings. The van der Waals surface area contributed by atoms with Crippen LogP contribution in [0.15, 0.2) is 30.3 Å². The minimum atomic E-state index is -0.402. The molecule has 2 rings (SSSR count). The Kier molecular flexibility index (Phi) is 6.19. The van der Waals surface area contributed by atoms with Gasteiger partial charge in [-0.3, -0.25) is 9.69 Å². The standard InChI is InChI=1S/C19H31N3O/c1-14(2)18(20)19(23)22(15(3)4)17-10-11-21(13-17)12-16-8-6-5-7-9-16/h5-9,14-15,17-18H,10-13,20H2,1-4H3/t17-,18?/m0/s1. The van der Waals surface area contributed by atoms with Crippen LogP contribution in [-0.4, -0.2) is 46.9 Å². The van der Waals surface area contributed by atoms with E-state index in [1.807, 2.05) is 24.8 Å². The van der Waals surface area contributed by atoms with Gasteiger partial charge in [-0.15, -0.1) is 0 Å². The van der Waals surface area contributed by atoms with Gasteiger partial charge >= 0.3 is 0 Å². The summed E-state index contributed by atoms with van der Waals surface area (Å²) in [6.07, 6.45) is 1.03. The van der Waals surface area contributed by atoms with Gasteiger partial charge in [-0.2, -0.15) is 0 Å². The summed E-state index contributed by atoms with van der Waals surface area (Å²) in [6, 6.07) is 10.6. The van der Waals surface area contributed by atoms with Gasteiger partial charge in [-0.25, -0.2) is 0 Å². The molecule has 1 unspecified atom stereocenters. The van der Waals surface area contributed by atoms with E-state index >= 15 is 0 Å². The number of carbonyl (C=O) groups excluding carboxylic acids is 1. The maximum absolute atomic E-state index is 12.8. The van der Waals surface area contributed by atoms with E-state index in [1.165, 1.54) is 5.56 Å². The van der Waals surface area contributed by atoms with Crippen LogP contribution in [0.1, 0.15) is 39.7 Å². The highest BCUT2D eigenvalue weighted by atomic mass is 16.2. The first-order valence-corrected chi connectivity index (χ1v) is 8.74. The quantitative estimate of drug-likeness (QED) is 0.877. The van der Waals surface area contributed by atoms with E-state index in [1.54, 1.807) is 0 Å². The lowest BCUT2D eigenvalue weighted by molar-refractivity contribution is -0.137. The third-order valence-corrected chi connectivity index (χ3v) is 4.70. The molecule has 0 aliphatic carbocycles. The molecule has 1 amide bonds. The Morgan fingerprint density at radius 3 is 2.48 bits per heavy atom. The lowest BCUT2D eigenvalue weighted by Gasteiger charge is -2.35. The first-order chi connectivity index (χ1) is 10.9. The summed E-state index contributed by atoms with van der Waals surface area (Å²) >= 11 is 0. The van der Waals surface area contributed by atoms with Crippen molar-refractivity contribution in [1.29, 1.82) is 0 Å². The van der Waals surface area contributed by atoms with E-state index in [4.69, 9.17) is 5.73 Å². The Labute approximate surface area is 140 Å². The first kappa shape index (κ1) is 18.0. The van der Waals surface area contributed by atoms with Crippen LogP contribution in [-0.2, 0) is 11.3 Å². The summed E-state index contributed by atoms with van der Waals surface area (Å²) in [5.74, 6) is 0.270. The van der Waals surface area contributed by atoms with Crippen LogP contribution in [0.4, 0.5) is 0 Å². The summed E-state index contributed by atoms with van der Waals surface area (Å²) in [5, 5.41) is 0. The van der Waals surface area contributed by atoms with Crippen molar-refractivity contribution in [3.63, 3.8) is 0 Å². The molecule has 4 heteroatoms. The average molecular weight is 317 g/mol. The zero-order valence-corrected chi connectivity index (χ0v) is 14.9. The fourth-order valence-electron chi connectivity index (χ4n) is 3.34. The minimum absolute atomic E-state index is 0.0987. The van der Waals surface area contributed by atoms with Gasteiger partial charge in [-0.05, 0) is 31.7 Å². The van der Waals surface area contributed by atoms with Crippen molar-refractivity contribution in [3.05, 3.63) is 35.9 Å². The molecule has 1 aromatic rings. The van der Waals surface area contributed by atoms with Crippen molar-refractivity contribution in [1.82, 2.24) is 9.80 Å². The van der Waals surface area contributed by atoms with Gasteiger partial charge in [0.15, 0.2) is 0 Å². The SMILES string of the molecule is CC(C)C(N)C(=O)N(C(C)C)[C@H]1CCN(Cc2ccccc2)C1. The Balaban J connectivity index is 2.00. The summed E-state index contributed by atoms with van der Waals surface area (Å²) in [5.41, 5.74) is 7.45. The maximum atomic E-state index is 12.8. The van der Waals surface area contributed by atoms with E-state index in [-0.39, 0.29) is 23.9 Å². The second kappa shape index (κ2) is 7.93. The fourth-order valence-corrected chi connectivity index (χ4v) is 3.34. The molecule has 128 valence electrons. The smallest absolute Gasteiger partial charge is 0.240 e. The number of carbonyl (C=O) groups is 1. The molecule has 0 aromatic heterocycles. The Hall–Kier alpha value is -1.39. The summed E-state index contributed by atoms with van der Waals surface area (Å²) in [7, 11) is 0. The number of benzene rings is 1. The highest BCUT2D eigenvalue weighted by Crippen LogP contribution is 2.21. The highest BCUT2D eigenvalue weighted by molar-refractivity contribution is 5.82.